The monoisotopic (exact) mass is 393 g/mol. The molecule has 6 rings (SSSR count). The Balaban J connectivity index is 1.60. The standard InChI is InChI=1S/C19H24ClN3O4/c20-16-14(22-1-3-27-4-2-22)10-21-23(17(16)24)19-8-11-5-12(9-19)7-13(6-11)15(19)18(25)26/h10-13,15H,1-9H2,(H,25,26)/t11-,12+,13?,15-,19?/m0/s1. The molecule has 0 amide bonds. The lowest BCUT2D eigenvalue weighted by Crippen LogP contribution is -2.63. The molecule has 8 heteroatoms. The van der Waals surface area contributed by atoms with Crippen molar-refractivity contribution in [3.05, 3.63) is 21.6 Å². The summed E-state index contributed by atoms with van der Waals surface area (Å²) in [6.45, 7) is 2.52. The maximum Gasteiger partial charge on any atom is 0.309 e. The van der Waals surface area contributed by atoms with Gasteiger partial charge in [0, 0.05) is 13.1 Å². The van der Waals surface area contributed by atoms with Crippen LogP contribution in [0.5, 0.6) is 0 Å². The number of rotatable bonds is 3. The van der Waals surface area contributed by atoms with Gasteiger partial charge in [-0.05, 0) is 49.9 Å². The van der Waals surface area contributed by atoms with E-state index in [2.05, 4.69) is 5.10 Å². The van der Waals surface area contributed by atoms with Crippen molar-refractivity contribution in [2.45, 2.75) is 37.6 Å². The predicted molar refractivity (Wildman–Crippen MR) is 99.2 cm³/mol. The molecule has 4 bridgehead atoms. The van der Waals surface area contributed by atoms with E-state index in [1.807, 2.05) is 4.90 Å². The number of morpholine rings is 1. The fourth-order valence-electron chi connectivity index (χ4n) is 6.50. The third-order valence-electron chi connectivity index (χ3n) is 7.21. The van der Waals surface area contributed by atoms with E-state index in [-0.39, 0.29) is 16.5 Å². The van der Waals surface area contributed by atoms with E-state index in [0.29, 0.717) is 43.8 Å². The van der Waals surface area contributed by atoms with Gasteiger partial charge in [0.1, 0.15) is 5.02 Å². The highest BCUT2D eigenvalue weighted by Crippen LogP contribution is 2.61. The van der Waals surface area contributed by atoms with Crippen LogP contribution in [0.1, 0.15) is 32.1 Å². The molecular weight excluding hydrogens is 370 g/mol. The molecule has 27 heavy (non-hydrogen) atoms. The Bertz CT molecular complexity index is 821. The van der Waals surface area contributed by atoms with E-state index in [1.54, 1.807) is 6.20 Å². The summed E-state index contributed by atoms with van der Waals surface area (Å²) in [6, 6.07) is 0. The molecule has 1 aliphatic heterocycles. The molecule has 1 saturated heterocycles. The molecule has 5 aliphatic rings. The number of hydrogen-bond acceptors (Lipinski definition) is 5. The van der Waals surface area contributed by atoms with Gasteiger partial charge in [-0.15, -0.1) is 0 Å². The van der Waals surface area contributed by atoms with Crippen LogP contribution in [0.3, 0.4) is 0 Å². The van der Waals surface area contributed by atoms with Gasteiger partial charge in [0.15, 0.2) is 0 Å². The molecular formula is C19H24ClN3O4. The molecule has 4 saturated carbocycles. The Morgan fingerprint density at radius 3 is 2.52 bits per heavy atom. The summed E-state index contributed by atoms with van der Waals surface area (Å²) in [6.07, 6.45) is 6.16. The predicted octanol–water partition coefficient (Wildman–Crippen LogP) is 1.97. The van der Waals surface area contributed by atoms with Crippen LogP contribution >= 0.6 is 11.6 Å². The third-order valence-corrected chi connectivity index (χ3v) is 7.57. The van der Waals surface area contributed by atoms with E-state index in [4.69, 9.17) is 16.3 Å². The van der Waals surface area contributed by atoms with Crippen LogP contribution in [-0.4, -0.2) is 47.2 Å². The first kappa shape index (κ1) is 17.5. The van der Waals surface area contributed by atoms with Crippen LogP contribution in [0, 0.1) is 23.7 Å². The number of aromatic nitrogens is 2. The van der Waals surface area contributed by atoms with Gasteiger partial charge in [0.2, 0.25) is 0 Å². The van der Waals surface area contributed by atoms with Gasteiger partial charge in [0.25, 0.3) is 5.56 Å². The van der Waals surface area contributed by atoms with Crippen LogP contribution in [0.15, 0.2) is 11.0 Å². The molecule has 4 aliphatic carbocycles. The highest BCUT2D eigenvalue weighted by molar-refractivity contribution is 6.33. The second-order valence-electron chi connectivity index (χ2n) is 8.69. The summed E-state index contributed by atoms with van der Waals surface area (Å²) in [7, 11) is 0. The number of ether oxygens (including phenoxy) is 1. The Morgan fingerprint density at radius 1 is 1.22 bits per heavy atom. The molecule has 146 valence electrons. The van der Waals surface area contributed by atoms with Gasteiger partial charge < -0.3 is 14.7 Å². The lowest BCUT2D eigenvalue weighted by Gasteiger charge is -2.59. The average Bonchev–Trinajstić information content (AvgIpc) is 2.63. The molecule has 2 heterocycles. The summed E-state index contributed by atoms with van der Waals surface area (Å²) >= 11 is 6.50. The Hall–Kier alpha value is -1.60. The molecule has 5 fully saturated rings. The zero-order valence-corrected chi connectivity index (χ0v) is 15.9. The smallest absolute Gasteiger partial charge is 0.309 e. The van der Waals surface area contributed by atoms with Gasteiger partial charge in [0.05, 0.1) is 36.6 Å². The third kappa shape index (κ3) is 2.54. The molecule has 1 aromatic heterocycles. The zero-order valence-electron chi connectivity index (χ0n) is 15.1. The maximum absolute atomic E-state index is 13.2. The number of nitrogens with zero attached hydrogens (tertiary/aromatic N) is 3. The highest BCUT2D eigenvalue weighted by atomic mass is 35.5. The number of halogens is 1. The molecule has 0 aromatic carbocycles. The second kappa shape index (κ2) is 6.21. The van der Waals surface area contributed by atoms with Crippen molar-refractivity contribution in [2.75, 3.05) is 31.2 Å². The van der Waals surface area contributed by atoms with Gasteiger partial charge in [-0.2, -0.15) is 5.10 Å². The van der Waals surface area contributed by atoms with Crippen LogP contribution in [0.4, 0.5) is 5.69 Å². The Kier molecular flexibility index (Phi) is 4.02. The molecule has 2 unspecified atom stereocenters. The highest BCUT2D eigenvalue weighted by Gasteiger charge is 2.61. The van der Waals surface area contributed by atoms with Gasteiger partial charge in [-0.3, -0.25) is 9.59 Å². The quantitative estimate of drug-likeness (QED) is 0.845. The number of aliphatic carboxylic acids is 1. The Labute approximate surface area is 162 Å². The lowest BCUT2D eigenvalue weighted by atomic mass is 9.48. The van der Waals surface area contributed by atoms with Gasteiger partial charge >= 0.3 is 5.97 Å². The van der Waals surface area contributed by atoms with Crippen molar-refractivity contribution >= 4 is 23.3 Å². The molecule has 5 atom stereocenters. The minimum Gasteiger partial charge on any atom is -0.481 e. The number of carboxylic acid groups (broad SMARTS) is 1. The molecule has 0 radical (unpaired) electrons. The molecule has 1 aromatic rings. The normalized spacial score (nSPS) is 37.6. The van der Waals surface area contributed by atoms with Crippen molar-refractivity contribution in [3.63, 3.8) is 0 Å². The summed E-state index contributed by atoms with van der Waals surface area (Å²) in [5.74, 6) is -0.240. The lowest BCUT2D eigenvalue weighted by molar-refractivity contribution is -0.168. The first-order valence-corrected chi connectivity index (χ1v) is 10.2. The van der Waals surface area contributed by atoms with E-state index in [9.17, 15) is 14.7 Å². The van der Waals surface area contributed by atoms with E-state index < -0.39 is 17.4 Å². The van der Waals surface area contributed by atoms with Gasteiger partial charge in [-0.1, -0.05) is 11.6 Å². The fourth-order valence-corrected chi connectivity index (χ4v) is 6.75. The molecule has 1 N–H and O–H groups in total. The average molecular weight is 394 g/mol. The van der Waals surface area contributed by atoms with Crippen molar-refractivity contribution < 1.29 is 14.6 Å². The fraction of sp³-hybridized carbons (Fsp3) is 0.737. The number of hydrogen-bond donors (Lipinski definition) is 1. The van der Waals surface area contributed by atoms with Crippen LogP contribution in [0.2, 0.25) is 5.02 Å². The zero-order chi connectivity index (χ0) is 18.8. The van der Waals surface area contributed by atoms with Gasteiger partial charge in [-0.25, -0.2) is 4.68 Å². The summed E-state index contributed by atoms with van der Waals surface area (Å²) in [5, 5.41) is 14.6. The van der Waals surface area contributed by atoms with E-state index in [0.717, 1.165) is 32.1 Å². The van der Waals surface area contributed by atoms with Crippen molar-refractivity contribution in [3.8, 4) is 0 Å². The first-order chi connectivity index (χ1) is 13.0. The van der Waals surface area contributed by atoms with Crippen LogP contribution < -0.4 is 10.5 Å². The van der Waals surface area contributed by atoms with Crippen molar-refractivity contribution in [2.24, 2.45) is 23.7 Å². The number of anilines is 1. The molecule has 7 nitrogen and oxygen atoms in total. The van der Waals surface area contributed by atoms with Crippen molar-refractivity contribution in [1.82, 2.24) is 9.78 Å². The van der Waals surface area contributed by atoms with E-state index >= 15 is 0 Å². The van der Waals surface area contributed by atoms with Crippen LogP contribution in [-0.2, 0) is 15.1 Å². The summed E-state index contributed by atoms with van der Waals surface area (Å²) < 4.78 is 6.81. The Morgan fingerprint density at radius 2 is 1.89 bits per heavy atom. The topological polar surface area (TPSA) is 84.7 Å². The summed E-state index contributed by atoms with van der Waals surface area (Å²) in [5.41, 5.74) is -0.461. The molecule has 0 spiro atoms. The SMILES string of the molecule is O=C(O)[C@@H]1C2C[C@@H]3C[C@H](C2)CC1(n1ncc(N2CCOCC2)c(Cl)c1=O)C3. The van der Waals surface area contributed by atoms with Crippen molar-refractivity contribution in [1.29, 1.82) is 0 Å². The number of carbonyl (C=O) groups is 1. The minimum atomic E-state index is -0.805. The largest absolute Gasteiger partial charge is 0.481 e. The summed E-state index contributed by atoms with van der Waals surface area (Å²) in [4.78, 5) is 27.4. The van der Waals surface area contributed by atoms with Crippen LogP contribution in [0.25, 0.3) is 0 Å². The second-order valence-corrected chi connectivity index (χ2v) is 9.07. The van der Waals surface area contributed by atoms with E-state index in [1.165, 1.54) is 4.68 Å². The minimum absolute atomic E-state index is 0.139. The first-order valence-electron chi connectivity index (χ1n) is 9.83. The number of carboxylic acids is 1. The maximum atomic E-state index is 13.2.